The van der Waals surface area contributed by atoms with Crippen LogP contribution in [0.2, 0.25) is 0 Å². The highest BCUT2D eigenvalue weighted by atomic mass is 32.1. The summed E-state index contributed by atoms with van der Waals surface area (Å²) in [5, 5.41) is 23.4. The number of hydrogen-bond acceptors (Lipinski definition) is 11. The zero-order valence-electron chi connectivity index (χ0n) is 31.4. The van der Waals surface area contributed by atoms with Gasteiger partial charge in [0, 0.05) is 59.0 Å². The number of benzene rings is 3. The molecule has 7 aromatic heterocycles. The van der Waals surface area contributed by atoms with E-state index in [0.29, 0.717) is 45.8 Å². The fourth-order valence-corrected chi connectivity index (χ4v) is 8.08. The minimum Gasteiger partial charge on any atom is -0.495 e. The van der Waals surface area contributed by atoms with Gasteiger partial charge in [-0.25, -0.2) is 19.9 Å². The number of aryl methyl sites for hydroxylation is 1. The van der Waals surface area contributed by atoms with Crippen molar-refractivity contribution in [1.82, 2.24) is 49.9 Å². The molecule has 5 N–H and O–H groups in total. The Labute approximate surface area is 335 Å². The van der Waals surface area contributed by atoms with Crippen LogP contribution in [0, 0.1) is 0 Å². The molecule has 0 unspecified atom stereocenters. The van der Waals surface area contributed by atoms with Crippen molar-refractivity contribution in [3.8, 4) is 66.7 Å². The van der Waals surface area contributed by atoms with Gasteiger partial charge in [0.2, 0.25) is 0 Å². The average molecular weight is 783 g/mol. The topological polar surface area (TPSA) is 172 Å². The molecule has 7 heterocycles. The molecule has 0 atom stereocenters. The molecule has 10 rings (SSSR count). The number of hydrogen-bond donors (Lipinski definition) is 5. The van der Waals surface area contributed by atoms with Crippen molar-refractivity contribution >= 4 is 56.4 Å². The summed E-state index contributed by atoms with van der Waals surface area (Å²) >= 11 is 1.68. The van der Waals surface area contributed by atoms with Crippen LogP contribution in [0.4, 0.5) is 23.0 Å². The Morgan fingerprint density at radius 2 is 1.40 bits per heavy atom. The summed E-state index contributed by atoms with van der Waals surface area (Å²) in [5.41, 5.74) is 10.5. The van der Waals surface area contributed by atoms with Crippen molar-refractivity contribution in [2.45, 2.75) is 0 Å². The second kappa shape index (κ2) is 14.4. The fraction of sp³-hybridized carbons (Fsp3) is 0.0698. The number of thiophene rings is 1. The minimum absolute atomic E-state index is 0.590. The molecule has 0 aliphatic rings. The first kappa shape index (κ1) is 34.7. The normalized spacial score (nSPS) is 11.4. The number of anilines is 4. The minimum atomic E-state index is 0.590. The van der Waals surface area contributed by atoms with Gasteiger partial charge < -0.3 is 30.1 Å². The predicted molar refractivity (Wildman–Crippen MR) is 228 cm³/mol. The number of nitrogens with zero attached hydrogens (tertiary/aromatic N) is 7. The third-order valence-corrected chi connectivity index (χ3v) is 10.9. The molecule has 3 aromatic carbocycles. The van der Waals surface area contributed by atoms with E-state index in [-0.39, 0.29) is 0 Å². The number of nitrogens with one attached hydrogen (secondary N) is 5. The van der Waals surface area contributed by atoms with Crippen molar-refractivity contribution in [3.63, 3.8) is 0 Å². The molecule has 0 saturated heterocycles. The lowest BCUT2D eigenvalue weighted by Crippen LogP contribution is -2.01. The second-order valence-electron chi connectivity index (χ2n) is 13.4. The van der Waals surface area contributed by atoms with E-state index in [1.54, 1.807) is 30.2 Å². The maximum atomic E-state index is 6.28. The molecule has 0 bridgehead atoms. The molecular weight excluding hydrogens is 749 g/mol. The lowest BCUT2D eigenvalue weighted by Gasteiger charge is -2.18. The van der Waals surface area contributed by atoms with E-state index < -0.39 is 0 Å². The van der Waals surface area contributed by atoms with Gasteiger partial charge in [-0.1, -0.05) is 36.4 Å². The van der Waals surface area contributed by atoms with Gasteiger partial charge in [0.05, 0.1) is 42.1 Å². The largest absolute Gasteiger partial charge is 0.495 e. The van der Waals surface area contributed by atoms with Crippen LogP contribution >= 0.6 is 11.3 Å². The van der Waals surface area contributed by atoms with Crippen molar-refractivity contribution in [2.24, 2.45) is 7.05 Å². The lowest BCUT2D eigenvalue weighted by atomic mass is 9.95. The number of H-pyrrole nitrogens is 3. The second-order valence-corrected chi connectivity index (χ2v) is 14.4. The van der Waals surface area contributed by atoms with Crippen molar-refractivity contribution < 1.29 is 9.47 Å². The van der Waals surface area contributed by atoms with E-state index >= 15 is 0 Å². The third-order valence-electron chi connectivity index (χ3n) is 10.0. The highest BCUT2D eigenvalue weighted by Gasteiger charge is 2.24. The Balaban J connectivity index is 1.11. The number of aromatic amines is 3. The summed E-state index contributed by atoms with van der Waals surface area (Å²) in [7, 11) is 5.21. The zero-order valence-corrected chi connectivity index (χ0v) is 32.2. The summed E-state index contributed by atoms with van der Waals surface area (Å²) < 4.78 is 13.8. The smallest absolute Gasteiger partial charge is 0.150 e. The van der Waals surface area contributed by atoms with Crippen LogP contribution in [0.3, 0.4) is 0 Å². The maximum absolute atomic E-state index is 6.28. The van der Waals surface area contributed by atoms with Gasteiger partial charge in [0.1, 0.15) is 52.8 Å². The van der Waals surface area contributed by atoms with Gasteiger partial charge in [-0.15, -0.1) is 11.3 Å². The molecule has 15 heteroatoms. The monoisotopic (exact) mass is 782 g/mol. The van der Waals surface area contributed by atoms with Gasteiger partial charge in [0.25, 0.3) is 0 Å². The van der Waals surface area contributed by atoms with Crippen molar-refractivity contribution in [2.75, 3.05) is 24.9 Å². The Hall–Kier alpha value is -7.78. The van der Waals surface area contributed by atoms with E-state index in [0.717, 1.165) is 66.0 Å². The molecule has 0 saturated carbocycles. The van der Waals surface area contributed by atoms with Crippen LogP contribution in [0.5, 0.6) is 11.5 Å². The highest BCUT2D eigenvalue weighted by Crippen LogP contribution is 2.47. The molecule has 10 aromatic rings. The summed E-state index contributed by atoms with van der Waals surface area (Å²) in [4.78, 5) is 26.3. The van der Waals surface area contributed by atoms with Gasteiger partial charge in [0.15, 0.2) is 0 Å². The zero-order chi connectivity index (χ0) is 39.2. The first-order chi connectivity index (χ1) is 28.6. The Bertz CT molecular complexity index is 3070. The standard InChI is InChI=1S/C43H34N12O2S/c1-55-14-13-31(54-55)29-19-44-40-36(29)42(48-22-46-40)52-33-18-26(24-8-5-4-6-9-24)16-27(39(33)57-3)28-21-50-53-38(28)30-20-45-41-37(30)43(49-23-47-41)51-32-17-25(11-12-34(32)56-2)35-10-7-15-58-35/h4-23H,1-3H3,(H,50,53)(H2,44,46,48,52)(H2,45,47,49,51). The van der Waals surface area contributed by atoms with Crippen LogP contribution in [0.15, 0.2) is 122 Å². The van der Waals surface area contributed by atoms with Gasteiger partial charge in [-0.05, 0) is 64.5 Å². The summed E-state index contributed by atoms with van der Waals surface area (Å²) in [6.07, 6.45) is 10.7. The van der Waals surface area contributed by atoms with Crippen LogP contribution in [-0.2, 0) is 7.05 Å². The molecule has 0 fully saturated rings. The van der Waals surface area contributed by atoms with E-state index in [1.807, 2.05) is 74.3 Å². The van der Waals surface area contributed by atoms with Gasteiger partial charge in [-0.3, -0.25) is 9.78 Å². The molecule has 14 nitrogen and oxygen atoms in total. The first-order valence-electron chi connectivity index (χ1n) is 18.3. The Morgan fingerprint density at radius 3 is 2.10 bits per heavy atom. The number of ether oxygens (including phenoxy) is 2. The van der Waals surface area contributed by atoms with E-state index in [9.17, 15) is 0 Å². The lowest BCUT2D eigenvalue weighted by molar-refractivity contribution is 0.417. The molecule has 0 radical (unpaired) electrons. The fourth-order valence-electron chi connectivity index (χ4n) is 7.36. The van der Waals surface area contributed by atoms with E-state index in [1.165, 1.54) is 12.7 Å². The van der Waals surface area contributed by atoms with Crippen molar-refractivity contribution in [3.05, 3.63) is 122 Å². The average Bonchev–Trinajstić information content (AvgIpc) is 4.11. The SMILES string of the molecule is COc1ccc(-c2cccs2)cc1Nc1ncnc2[nH]cc(-c3n[nH]cc3-c3cc(-c4ccccc4)cc(Nc4ncnc5[nH]cc(-c6ccn(C)n6)c45)c3OC)c12. The Kier molecular flexibility index (Phi) is 8.60. The van der Waals surface area contributed by atoms with Crippen LogP contribution in [0.25, 0.3) is 77.3 Å². The van der Waals surface area contributed by atoms with Gasteiger partial charge in [-0.2, -0.15) is 10.2 Å². The van der Waals surface area contributed by atoms with Gasteiger partial charge >= 0.3 is 0 Å². The predicted octanol–water partition coefficient (Wildman–Crippen LogP) is 9.59. The molecule has 0 amide bonds. The van der Waals surface area contributed by atoms with E-state index in [2.05, 4.69) is 82.5 Å². The third kappa shape index (κ3) is 6.06. The first-order valence-corrected chi connectivity index (χ1v) is 19.2. The number of fused-ring (bicyclic) bond motifs is 2. The summed E-state index contributed by atoms with van der Waals surface area (Å²) in [5.74, 6) is 2.46. The number of aromatic nitrogens is 10. The van der Waals surface area contributed by atoms with Crippen LogP contribution in [-0.4, -0.2) is 64.1 Å². The quantitative estimate of drug-likeness (QED) is 0.0851. The molecule has 58 heavy (non-hydrogen) atoms. The number of methoxy groups -OCH3 is 2. The van der Waals surface area contributed by atoms with E-state index in [4.69, 9.17) is 24.5 Å². The molecule has 0 spiro atoms. The van der Waals surface area contributed by atoms with Crippen LogP contribution < -0.4 is 20.1 Å². The molecule has 0 aliphatic heterocycles. The summed E-state index contributed by atoms with van der Waals surface area (Å²) in [6.45, 7) is 0. The summed E-state index contributed by atoms with van der Waals surface area (Å²) in [6, 6.07) is 26.6. The van der Waals surface area contributed by atoms with Crippen LogP contribution in [0.1, 0.15) is 0 Å². The molecular formula is C43H34N12O2S. The molecule has 284 valence electrons. The highest BCUT2D eigenvalue weighted by molar-refractivity contribution is 7.13. The number of rotatable bonds is 11. The molecule has 0 aliphatic carbocycles. The maximum Gasteiger partial charge on any atom is 0.150 e. The van der Waals surface area contributed by atoms with Crippen molar-refractivity contribution in [1.29, 1.82) is 0 Å². The Morgan fingerprint density at radius 1 is 0.655 bits per heavy atom.